The summed E-state index contributed by atoms with van der Waals surface area (Å²) in [6.07, 6.45) is 3.81. The van der Waals surface area contributed by atoms with Gasteiger partial charge >= 0.3 is 0 Å². The first kappa shape index (κ1) is 26.7. The van der Waals surface area contributed by atoms with Crippen molar-refractivity contribution in [3.05, 3.63) is 131 Å². The zero-order chi connectivity index (χ0) is 29.9. The zero-order valence-electron chi connectivity index (χ0n) is 24.0. The van der Waals surface area contributed by atoms with Crippen molar-refractivity contribution in [1.82, 2.24) is 4.90 Å². The lowest BCUT2D eigenvalue weighted by Crippen LogP contribution is -2.49. The summed E-state index contributed by atoms with van der Waals surface area (Å²) in [6.45, 7) is 1.95. The molecule has 0 aliphatic carbocycles. The maximum absolute atomic E-state index is 14.9. The first-order chi connectivity index (χ1) is 20.9. The molecule has 0 radical (unpaired) electrons. The van der Waals surface area contributed by atoms with Crippen LogP contribution in [-0.2, 0) is 10.2 Å². The van der Waals surface area contributed by atoms with E-state index < -0.39 is 23.4 Å². The summed E-state index contributed by atoms with van der Waals surface area (Å²) in [6, 6.07) is 26.1. The molecule has 1 fully saturated rings. The molecule has 0 saturated carbocycles. The van der Waals surface area contributed by atoms with Gasteiger partial charge in [0.25, 0.3) is 0 Å². The van der Waals surface area contributed by atoms with Gasteiger partial charge in [-0.2, -0.15) is 0 Å². The van der Waals surface area contributed by atoms with Crippen molar-refractivity contribution in [1.29, 1.82) is 0 Å². The molecule has 3 heterocycles. The molecular weight excluding hydrogens is 540 g/mol. The van der Waals surface area contributed by atoms with Crippen molar-refractivity contribution in [2.24, 2.45) is 5.92 Å². The van der Waals surface area contributed by atoms with Crippen LogP contribution in [0.5, 0.6) is 11.5 Å². The maximum Gasteiger partial charge on any atom is 0.238 e. The number of nitrogens with zero attached hydrogens (tertiary/aromatic N) is 1. The van der Waals surface area contributed by atoms with Gasteiger partial charge in [0.1, 0.15) is 23.0 Å². The summed E-state index contributed by atoms with van der Waals surface area (Å²) in [4.78, 5) is 46.3. The number of ether oxygens (including phenoxy) is 2. The smallest absolute Gasteiger partial charge is 0.238 e. The number of para-hydroxylation sites is 1. The number of methoxy groups -OCH3 is 2. The van der Waals surface area contributed by atoms with Crippen molar-refractivity contribution in [3.63, 3.8) is 0 Å². The minimum Gasteiger partial charge on any atom is -0.497 e. The Kier molecular flexibility index (Phi) is 6.20. The summed E-state index contributed by atoms with van der Waals surface area (Å²) < 4.78 is 11.1. The van der Waals surface area contributed by atoms with E-state index in [1.807, 2.05) is 84.8 Å². The number of carbonyl (C=O) groups excluding carboxylic acids is 3. The van der Waals surface area contributed by atoms with E-state index in [1.54, 1.807) is 30.3 Å². The van der Waals surface area contributed by atoms with Crippen LogP contribution in [0, 0.1) is 12.8 Å². The third-order valence-corrected chi connectivity index (χ3v) is 9.13. The van der Waals surface area contributed by atoms with Crippen LogP contribution < -0.4 is 14.8 Å². The molecule has 1 saturated heterocycles. The fourth-order valence-corrected chi connectivity index (χ4v) is 7.23. The molecule has 0 bridgehead atoms. The van der Waals surface area contributed by atoms with Crippen LogP contribution in [-0.4, -0.2) is 42.6 Å². The van der Waals surface area contributed by atoms with Gasteiger partial charge in [0.05, 0.1) is 31.7 Å². The molecule has 4 atom stereocenters. The van der Waals surface area contributed by atoms with Crippen molar-refractivity contribution in [2.45, 2.75) is 24.4 Å². The third kappa shape index (κ3) is 3.77. The van der Waals surface area contributed by atoms with E-state index in [-0.39, 0.29) is 23.0 Å². The molecule has 214 valence electrons. The van der Waals surface area contributed by atoms with Crippen molar-refractivity contribution >= 4 is 29.2 Å². The van der Waals surface area contributed by atoms with Gasteiger partial charge in [-0.15, -0.1) is 0 Å². The number of carbonyl (C=O) groups is 3. The summed E-state index contributed by atoms with van der Waals surface area (Å²) in [5.41, 5.74) is 3.51. The molecule has 0 aromatic heterocycles. The van der Waals surface area contributed by atoms with Gasteiger partial charge in [0.2, 0.25) is 5.91 Å². The number of hydrogen-bond donors (Lipinski definition) is 1. The van der Waals surface area contributed by atoms with Gasteiger partial charge in [-0.1, -0.05) is 72.3 Å². The Labute approximate surface area is 249 Å². The van der Waals surface area contributed by atoms with Gasteiger partial charge in [-0.3, -0.25) is 14.4 Å². The standard InChI is InChI=1S/C36H30N2O5/c1-21-12-14-23(15-13-21)32(39)30-31(33(40)26-20-24(42-2)16-17-29(26)43-3)38-19-18-22-8-4-5-9-25(22)34(38)36(30)27-10-6-7-11-28(27)37-35(36)41/h4-20,30-31,34H,1-3H3,(H,37,41)/t30-,31-,34+,36+/m0/s1. The van der Waals surface area contributed by atoms with Gasteiger partial charge in [0.15, 0.2) is 11.6 Å². The second-order valence-corrected chi connectivity index (χ2v) is 11.2. The second-order valence-electron chi connectivity index (χ2n) is 11.2. The number of fused-ring (bicyclic) bond motifs is 6. The monoisotopic (exact) mass is 570 g/mol. The van der Waals surface area contributed by atoms with Crippen LogP contribution in [0.25, 0.3) is 6.08 Å². The SMILES string of the molecule is COc1ccc(OC)c(C(=O)[C@@H]2[C@@H](C(=O)c3ccc(C)cc3)[C@@]3(C(=O)Nc4ccccc43)[C@H]3c4ccccc4C=CN23)c1. The Morgan fingerprint density at radius 3 is 2.37 bits per heavy atom. The van der Waals surface area contributed by atoms with Gasteiger partial charge in [0, 0.05) is 17.5 Å². The molecule has 0 unspecified atom stereocenters. The minimum atomic E-state index is -1.40. The lowest BCUT2D eigenvalue weighted by Gasteiger charge is -2.38. The topological polar surface area (TPSA) is 84.9 Å². The Hall–Kier alpha value is -5.17. The summed E-state index contributed by atoms with van der Waals surface area (Å²) >= 11 is 0. The van der Waals surface area contributed by atoms with Crippen LogP contribution in [0.1, 0.15) is 49.0 Å². The molecule has 3 aliphatic rings. The van der Waals surface area contributed by atoms with E-state index >= 15 is 0 Å². The fraction of sp³-hybridized carbons (Fsp3) is 0.194. The molecule has 1 spiro atoms. The highest BCUT2D eigenvalue weighted by molar-refractivity contribution is 6.17. The maximum atomic E-state index is 14.9. The predicted octanol–water partition coefficient (Wildman–Crippen LogP) is 5.99. The van der Waals surface area contributed by atoms with Crippen molar-refractivity contribution in [3.8, 4) is 11.5 Å². The number of ketones is 2. The Bertz CT molecular complexity index is 1830. The molecule has 1 N–H and O–H groups in total. The molecule has 7 rings (SSSR count). The Balaban J connectivity index is 1.54. The number of rotatable bonds is 6. The third-order valence-electron chi connectivity index (χ3n) is 9.13. The van der Waals surface area contributed by atoms with E-state index in [0.29, 0.717) is 28.3 Å². The zero-order valence-corrected chi connectivity index (χ0v) is 24.0. The number of hydrogen-bond acceptors (Lipinski definition) is 6. The van der Waals surface area contributed by atoms with Gasteiger partial charge in [-0.25, -0.2) is 0 Å². The second kappa shape index (κ2) is 9.98. The quantitative estimate of drug-likeness (QED) is 0.287. The molecule has 7 heteroatoms. The first-order valence-electron chi connectivity index (χ1n) is 14.2. The van der Waals surface area contributed by atoms with E-state index in [1.165, 1.54) is 14.2 Å². The Morgan fingerprint density at radius 2 is 1.60 bits per heavy atom. The van der Waals surface area contributed by atoms with E-state index in [4.69, 9.17) is 9.47 Å². The van der Waals surface area contributed by atoms with Gasteiger partial charge in [-0.05, 0) is 54.0 Å². The number of anilines is 1. The largest absolute Gasteiger partial charge is 0.497 e. The average molecular weight is 571 g/mol. The number of Topliss-reactive ketones (excluding diaryl/α,β-unsaturated/α-hetero) is 2. The summed E-state index contributed by atoms with van der Waals surface area (Å²) in [7, 11) is 3.04. The Morgan fingerprint density at radius 1 is 0.860 bits per heavy atom. The summed E-state index contributed by atoms with van der Waals surface area (Å²) in [5, 5.41) is 3.08. The van der Waals surface area contributed by atoms with E-state index in [0.717, 1.165) is 16.7 Å². The highest BCUT2D eigenvalue weighted by atomic mass is 16.5. The molecule has 1 amide bonds. The van der Waals surface area contributed by atoms with Crippen molar-refractivity contribution in [2.75, 3.05) is 19.5 Å². The molecule has 4 aromatic carbocycles. The van der Waals surface area contributed by atoms with E-state index in [2.05, 4.69) is 5.32 Å². The normalized spacial score (nSPS) is 22.9. The van der Waals surface area contributed by atoms with Gasteiger partial charge < -0.3 is 19.7 Å². The molecule has 7 nitrogen and oxygen atoms in total. The number of benzene rings is 4. The van der Waals surface area contributed by atoms with Crippen LogP contribution in [0.4, 0.5) is 5.69 Å². The first-order valence-corrected chi connectivity index (χ1v) is 14.2. The number of amides is 1. The highest BCUT2D eigenvalue weighted by Gasteiger charge is 2.70. The molecule has 43 heavy (non-hydrogen) atoms. The van der Waals surface area contributed by atoms with Crippen LogP contribution in [0.3, 0.4) is 0 Å². The van der Waals surface area contributed by atoms with Crippen LogP contribution >= 0.6 is 0 Å². The fourth-order valence-electron chi connectivity index (χ4n) is 7.23. The summed E-state index contributed by atoms with van der Waals surface area (Å²) in [5.74, 6) is -1.12. The lowest BCUT2D eigenvalue weighted by atomic mass is 9.62. The van der Waals surface area contributed by atoms with Crippen molar-refractivity contribution < 1.29 is 23.9 Å². The van der Waals surface area contributed by atoms with E-state index in [9.17, 15) is 14.4 Å². The van der Waals surface area contributed by atoms with Crippen LogP contribution in [0.2, 0.25) is 0 Å². The highest BCUT2D eigenvalue weighted by Crippen LogP contribution is 2.62. The lowest BCUT2D eigenvalue weighted by molar-refractivity contribution is -0.122. The molecule has 3 aliphatic heterocycles. The van der Waals surface area contributed by atoms with Crippen LogP contribution in [0.15, 0.2) is 97.2 Å². The number of nitrogens with one attached hydrogen (secondary N) is 1. The molecule has 4 aromatic rings. The molecular formula is C36H30N2O5. The average Bonchev–Trinajstić information content (AvgIpc) is 3.52. The number of aryl methyl sites for hydroxylation is 1. The predicted molar refractivity (Wildman–Crippen MR) is 163 cm³/mol. The minimum absolute atomic E-state index is 0.271.